The van der Waals surface area contributed by atoms with E-state index in [0.29, 0.717) is 43.7 Å². The summed E-state index contributed by atoms with van der Waals surface area (Å²) in [6.45, 7) is 0. The molecule has 0 atom stereocenters. The van der Waals surface area contributed by atoms with Crippen LogP contribution in [-0.2, 0) is 9.84 Å². The van der Waals surface area contributed by atoms with Crippen molar-refractivity contribution in [1.29, 1.82) is 0 Å². The summed E-state index contributed by atoms with van der Waals surface area (Å²) in [4.78, 5) is 8.92. The molecule has 9 heteroatoms. The topological polar surface area (TPSA) is 99.3 Å². The zero-order valence-electron chi connectivity index (χ0n) is 17.9. The standard InChI is InChI=1S/C26H16Cl2N2O4S/c27-17-1-7-23(31)15(9-17)13-29-19-3-5-21-22-6-4-20(12-26(22)35(33,34)25(21)11-19)30-14-16-10-18(28)2-8-24(16)32/h1-14,31-32H. The first-order chi connectivity index (χ1) is 16.7. The van der Waals surface area contributed by atoms with Gasteiger partial charge >= 0.3 is 0 Å². The van der Waals surface area contributed by atoms with Crippen LogP contribution in [0, 0.1) is 0 Å². The molecule has 0 aromatic heterocycles. The lowest BCUT2D eigenvalue weighted by molar-refractivity contribution is 0.474. The van der Waals surface area contributed by atoms with Gasteiger partial charge in [0.25, 0.3) is 0 Å². The molecule has 0 spiro atoms. The van der Waals surface area contributed by atoms with Crippen LogP contribution >= 0.6 is 23.2 Å². The lowest BCUT2D eigenvalue weighted by atomic mass is 10.1. The summed E-state index contributed by atoms with van der Waals surface area (Å²) in [6, 6.07) is 19.0. The van der Waals surface area contributed by atoms with Crippen molar-refractivity contribution in [3.63, 3.8) is 0 Å². The maximum Gasteiger partial charge on any atom is 0.207 e. The highest BCUT2D eigenvalue weighted by Crippen LogP contribution is 2.45. The number of fused-ring (bicyclic) bond motifs is 3. The third kappa shape index (κ3) is 4.41. The van der Waals surface area contributed by atoms with E-state index in [4.69, 9.17) is 23.2 Å². The number of sulfone groups is 1. The largest absolute Gasteiger partial charge is 0.507 e. The van der Waals surface area contributed by atoms with E-state index >= 15 is 0 Å². The van der Waals surface area contributed by atoms with E-state index in [-0.39, 0.29) is 21.3 Å². The Labute approximate surface area is 211 Å². The molecule has 0 fully saturated rings. The lowest BCUT2D eigenvalue weighted by Crippen LogP contribution is -1.96. The van der Waals surface area contributed by atoms with Crippen molar-refractivity contribution < 1.29 is 18.6 Å². The van der Waals surface area contributed by atoms with Crippen molar-refractivity contribution in [2.45, 2.75) is 9.79 Å². The van der Waals surface area contributed by atoms with Crippen molar-refractivity contribution >= 4 is 56.8 Å². The first kappa shape index (κ1) is 23.1. The van der Waals surface area contributed by atoms with Crippen LogP contribution in [0.3, 0.4) is 0 Å². The molecule has 0 unspecified atom stereocenters. The van der Waals surface area contributed by atoms with Gasteiger partial charge in [-0.2, -0.15) is 0 Å². The van der Waals surface area contributed by atoms with Gasteiger partial charge in [-0.3, -0.25) is 9.98 Å². The number of aliphatic imine (C=N–C) groups is 2. The van der Waals surface area contributed by atoms with Crippen molar-refractivity contribution in [1.82, 2.24) is 0 Å². The molecule has 4 aromatic carbocycles. The molecule has 174 valence electrons. The van der Waals surface area contributed by atoms with Crippen molar-refractivity contribution in [3.05, 3.63) is 94.0 Å². The van der Waals surface area contributed by atoms with E-state index < -0.39 is 9.84 Å². The minimum absolute atomic E-state index is 0.0125. The Morgan fingerprint density at radius 3 is 1.49 bits per heavy atom. The van der Waals surface area contributed by atoms with Gasteiger partial charge in [-0.1, -0.05) is 35.3 Å². The number of halogens is 2. The Morgan fingerprint density at radius 1 is 0.629 bits per heavy atom. The number of nitrogens with zero attached hydrogens (tertiary/aromatic N) is 2. The molecule has 0 saturated carbocycles. The maximum atomic E-state index is 13.3. The van der Waals surface area contributed by atoms with Gasteiger partial charge in [0.2, 0.25) is 9.84 Å². The average Bonchev–Trinajstić information content (AvgIpc) is 3.06. The summed E-state index contributed by atoms with van der Waals surface area (Å²) < 4.78 is 26.6. The molecule has 5 rings (SSSR count). The van der Waals surface area contributed by atoms with Crippen LogP contribution in [0.1, 0.15) is 11.1 Å². The van der Waals surface area contributed by atoms with Gasteiger partial charge in [0.15, 0.2) is 0 Å². The van der Waals surface area contributed by atoms with Gasteiger partial charge in [0.1, 0.15) is 11.5 Å². The summed E-state index contributed by atoms with van der Waals surface area (Å²) in [5.74, 6) is 0.0250. The first-order valence-corrected chi connectivity index (χ1v) is 12.5. The Hall–Kier alpha value is -3.65. The summed E-state index contributed by atoms with van der Waals surface area (Å²) in [7, 11) is -3.79. The molecule has 4 aromatic rings. The monoisotopic (exact) mass is 522 g/mol. The van der Waals surface area contributed by atoms with Gasteiger partial charge < -0.3 is 10.2 Å². The molecule has 0 bridgehead atoms. The average molecular weight is 523 g/mol. The molecule has 0 aliphatic carbocycles. The predicted octanol–water partition coefficient (Wildman–Crippen LogP) is 6.72. The van der Waals surface area contributed by atoms with E-state index in [9.17, 15) is 18.6 Å². The quantitative estimate of drug-likeness (QED) is 0.256. The normalized spacial score (nSPS) is 13.9. The maximum absolute atomic E-state index is 13.3. The zero-order chi connectivity index (χ0) is 24.7. The summed E-state index contributed by atoms with van der Waals surface area (Å²) in [6.07, 6.45) is 2.85. The van der Waals surface area contributed by atoms with Crippen molar-refractivity contribution in [2.24, 2.45) is 9.98 Å². The molecule has 1 aliphatic heterocycles. The van der Waals surface area contributed by atoms with Gasteiger partial charge in [-0.05, 0) is 60.7 Å². The van der Waals surface area contributed by atoms with E-state index in [2.05, 4.69) is 9.98 Å². The number of hydrogen-bond acceptors (Lipinski definition) is 6. The molecule has 0 amide bonds. The molecular weight excluding hydrogens is 507 g/mol. The number of benzene rings is 4. The molecule has 35 heavy (non-hydrogen) atoms. The van der Waals surface area contributed by atoms with Crippen LogP contribution in [0.15, 0.2) is 92.6 Å². The van der Waals surface area contributed by atoms with Crippen LogP contribution in [0.5, 0.6) is 11.5 Å². The highest BCUT2D eigenvalue weighted by molar-refractivity contribution is 7.92. The molecule has 1 heterocycles. The Bertz CT molecular complexity index is 1550. The molecule has 1 aliphatic rings. The van der Waals surface area contributed by atoms with Crippen LogP contribution in [0.25, 0.3) is 11.1 Å². The van der Waals surface area contributed by atoms with Gasteiger partial charge in [-0.15, -0.1) is 0 Å². The van der Waals surface area contributed by atoms with E-state index in [0.717, 1.165) is 0 Å². The Balaban J connectivity index is 1.48. The number of aromatic hydroxyl groups is 2. The summed E-state index contributed by atoms with van der Waals surface area (Å²) >= 11 is 11.9. The van der Waals surface area contributed by atoms with E-state index in [1.54, 1.807) is 48.5 Å². The highest BCUT2D eigenvalue weighted by atomic mass is 35.5. The fraction of sp³-hybridized carbons (Fsp3) is 0. The second kappa shape index (κ2) is 8.85. The summed E-state index contributed by atoms with van der Waals surface area (Å²) in [5.41, 5.74) is 2.80. The SMILES string of the molecule is O=S1(=O)c2cc(N=Cc3cc(Cl)ccc3O)ccc2-c2ccc(N=Cc3cc(Cl)ccc3O)cc21. The predicted molar refractivity (Wildman–Crippen MR) is 138 cm³/mol. The Morgan fingerprint density at radius 2 is 1.06 bits per heavy atom. The molecular formula is C26H16Cl2N2O4S. The van der Waals surface area contributed by atoms with Gasteiger partial charge in [0.05, 0.1) is 21.2 Å². The number of rotatable bonds is 4. The van der Waals surface area contributed by atoms with Gasteiger partial charge in [0, 0.05) is 44.7 Å². The molecule has 6 nitrogen and oxygen atoms in total. The Kier molecular flexibility index (Phi) is 5.84. The molecule has 0 saturated heterocycles. The number of phenols is 2. The van der Waals surface area contributed by atoms with E-state index in [1.807, 2.05) is 0 Å². The highest BCUT2D eigenvalue weighted by Gasteiger charge is 2.33. The van der Waals surface area contributed by atoms with Crippen LogP contribution in [-0.4, -0.2) is 31.1 Å². The fourth-order valence-corrected chi connectivity index (χ4v) is 5.82. The van der Waals surface area contributed by atoms with E-state index in [1.165, 1.54) is 36.7 Å². The second-order valence-corrected chi connectivity index (χ2v) is 10.5. The smallest absolute Gasteiger partial charge is 0.207 e. The zero-order valence-corrected chi connectivity index (χ0v) is 20.2. The van der Waals surface area contributed by atoms with Gasteiger partial charge in [-0.25, -0.2) is 8.42 Å². The number of hydrogen-bond donors (Lipinski definition) is 2. The van der Waals surface area contributed by atoms with Crippen LogP contribution in [0.4, 0.5) is 11.4 Å². The lowest BCUT2D eigenvalue weighted by Gasteiger charge is -2.02. The molecule has 2 N–H and O–H groups in total. The van der Waals surface area contributed by atoms with Crippen molar-refractivity contribution in [2.75, 3.05) is 0 Å². The minimum Gasteiger partial charge on any atom is -0.507 e. The van der Waals surface area contributed by atoms with Crippen molar-refractivity contribution in [3.8, 4) is 22.6 Å². The number of phenolic OH excluding ortho intramolecular Hbond substituents is 2. The third-order valence-corrected chi connectivity index (χ3v) is 7.79. The summed E-state index contributed by atoms with van der Waals surface area (Å²) in [5, 5.41) is 20.8. The minimum atomic E-state index is -3.79. The second-order valence-electron chi connectivity index (χ2n) is 7.79. The third-order valence-electron chi connectivity index (χ3n) is 5.48. The van der Waals surface area contributed by atoms with Crippen LogP contribution in [0.2, 0.25) is 10.0 Å². The molecule has 0 radical (unpaired) electrons. The first-order valence-electron chi connectivity index (χ1n) is 10.3. The fourth-order valence-electron chi connectivity index (χ4n) is 3.74. The van der Waals surface area contributed by atoms with Crippen LogP contribution < -0.4 is 0 Å².